The Morgan fingerprint density at radius 1 is 1.50 bits per heavy atom. The molecule has 3 nitrogen and oxygen atoms in total. The molecule has 0 radical (unpaired) electrons. The van der Waals surface area contributed by atoms with Crippen molar-refractivity contribution < 1.29 is 0 Å². The van der Waals surface area contributed by atoms with Gasteiger partial charge in [0, 0.05) is 25.2 Å². The van der Waals surface area contributed by atoms with Crippen molar-refractivity contribution >= 4 is 0 Å². The number of nitrogens with two attached hydrogens (primary N) is 1. The summed E-state index contributed by atoms with van der Waals surface area (Å²) in [5.41, 5.74) is 6.27. The lowest BCUT2D eigenvalue weighted by Crippen LogP contribution is -2.61. The predicted octanol–water partition coefficient (Wildman–Crippen LogP) is 1.39. The van der Waals surface area contributed by atoms with Crippen LogP contribution < -0.4 is 5.73 Å². The average Bonchev–Trinajstić information content (AvgIpc) is 2.28. The van der Waals surface area contributed by atoms with Crippen molar-refractivity contribution in [2.75, 3.05) is 40.3 Å². The van der Waals surface area contributed by atoms with Crippen molar-refractivity contribution in [3.63, 3.8) is 0 Å². The summed E-state index contributed by atoms with van der Waals surface area (Å²) in [5, 5.41) is 0. The Morgan fingerprint density at radius 2 is 2.19 bits per heavy atom. The second-order valence-corrected chi connectivity index (χ2v) is 5.66. The Labute approximate surface area is 101 Å². The lowest BCUT2D eigenvalue weighted by Gasteiger charge is -2.47. The van der Waals surface area contributed by atoms with E-state index in [0.29, 0.717) is 0 Å². The topological polar surface area (TPSA) is 32.5 Å². The van der Waals surface area contributed by atoms with Gasteiger partial charge in [-0.3, -0.25) is 4.90 Å². The van der Waals surface area contributed by atoms with Crippen molar-refractivity contribution in [1.29, 1.82) is 0 Å². The second kappa shape index (κ2) is 5.99. The standard InChI is InChI=1S/C13H29N3/c1-5-12(2)9-16(4)13(10-14)7-6-8-15(3)11-13/h12H,5-11,14H2,1-4H3. The first-order valence-electron chi connectivity index (χ1n) is 6.64. The molecule has 16 heavy (non-hydrogen) atoms. The van der Waals surface area contributed by atoms with Crippen LogP contribution in [0.2, 0.25) is 0 Å². The number of nitrogens with zero attached hydrogens (tertiary/aromatic N) is 2. The first-order chi connectivity index (χ1) is 7.54. The van der Waals surface area contributed by atoms with E-state index in [0.717, 1.165) is 19.0 Å². The van der Waals surface area contributed by atoms with Gasteiger partial charge in [0.25, 0.3) is 0 Å². The molecule has 0 aromatic carbocycles. The maximum absolute atomic E-state index is 6.05. The molecule has 0 amide bonds. The molecule has 1 heterocycles. The minimum Gasteiger partial charge on any atom is -0.329 e. The Bertz CT molecular complexity index is 207. The quantitative estimate of drug-likeness (QED) is 0.770. The van der Waals surface area contributed by atoms with E-state index in [9.17, 15) is 0 Å². The molecule has 1 aliphatic rings. The number of likely N-dealkylation sites (tertiary alicyclic amines) is 1. The Hall–Kier alpha value is -0.120. The van der Waals surface area contributed by atoms with Crippen LogP contribution in [0.25, 0.3) is 0 Å². The molecule has 3 heteroatoms. The van der Waals surface area contributed by atoms with E-state index < -0.39 is 0 Å². The highest BCUT2D eigenvalue weighted by Crippen LogP contribution is 2.26. The lowest BCUT2D eigenvalue weighted by atomic mass is 9.87. The molecule has 0 bridgehead atoms. The summed E-state index contributed by atoms with van der Waals surface area (Å²) in [7, 11) is 4.46. The Kier molecular flexibility index (Phi) is 5.22. The van der Waals surface area contributed by atoms with Crippen LogP contribution >= 0.6 is 0 Å². The smallest absolute Gasteiger partial charge is 0.0455 e. The molecule has 0 saturated carbocycles. The van der Waals surface area contributed by atoms with Crippen LogP contribution in [0.3, 0.4) is 0 Å². The van der Waals surface area contributed by atoms with E-state index in [1.54, 1.807) is 0 Å². The number of rotatable bonds is 5. The minimum atomic E-state index is 0.219. The number of likely N-dealkylation sites (N-methyl/N-ethyl adjacent to an activating group) is 2. The highest BCUT2D eigenvalue weighted by atomic mass is 15.3. The third kappa shape index (κ3) is 3.19. The van der Waals surface area contributed by atoms with Crippen LogP contribution in [0.5, 0.6) is 0 Å². The first kappa shape index (κ1) is 13.9. The monoisotopic (exact) mass is 227 g/mol. The zero-order valence-electron chi connectivity index (χ0n) is 11.5. The van der Waals surface area contributed by atoms with E-state index >= 15 is 0 Å². The molecular weight excluding hydrogens is 198 g/mol. The van der Waals surface area contributed by atoms with Crippen LogP contribution in [0.4, 0.5) is 0 Å². The van der Waals surface area contributed by atoms with Gasteiger partial charge >= 0.3 is 0 Å². The molecule has 0 aromatic heterocycles. The Morgan fingerprint density at radius 3 is 2.69 bits per heavy atom. The molecule has 0 aliphatic carbocycles. The summed E-state index contributed by atoms with van der Waals surface area (Å²) in [5.74, 6) is 0.764. The fourth-order valence-electron chi connectivity index (χ4n) is 2.76. The maximum Gasteiger partial charge on any atom is 0.0455 e. The highest BCUT2D eigenvalue weighted by molar-refractivity contribution is 4.96. The van der Waals surface area contributed by atoms with E-state index in [1.807, 2.05) is 0 Å². The molecule has 1 saturated heterocycles. The van der Waals surface area contributed by atoms with Crippen molar-refractivity contribution in [3.8, 4) is 0 Å². The third-order valence-electron chi connectivity index (χ3n) is 4.22. The van der Waals surface area contributed by atoms with E-state index in [-0.39, 0.29) is 5.54 Å². The summed E-state index contributed by atoms with van der Waals surface area (Å²) >= 11 is 0. The van der Waals surface area contributed by atoms with Gasteiger partial charge in [0.05, 0.1) is 0 Å². The zero-order valence-corrected chi connectivity index (χ0v) is 11.5. The summed E-state index contributed by atoms with van der Waals surface area (Å²) in [4.78, 5) is 4.93. The van der Waals surface area contributed by atoms with Gasteiger partial charge < -0.3 is 10.6 Å². The molecule has 1 rings (SSSR count). The molecule has 96 valence electrons. The molecule has 1 aliphatic heterocycles. The van der Waals surface area contributed by atoms with E-state index in [2.05, 4.69) is 37.7 Å². The third-order valence-corrected chi connectivity index (χ3v) is 4.22. The van der Waals surface area contributed by atoms with Crippen LogP contribution in [0.15, 0.2) is 0 Å². The molecule has 1 fully saturated rings. The van der Waals surface area contributed by atoms with Crippen LogP contribution in [-0.4, -0.2) is 55.6 Å². The second-order valence-electron chi connectivity index (χ2n) is 5.66. The summed E-state index contributed by atoms with van der Waals surface area (Å²) in [6.07, 6.45) is 3.78. The van der Waals surface area contributed by atoms with E-state index in [4.69, 9.17) is 5.73 Å². The Balaban J connectivity index is 2.63. The van der Waals surface area contributed by atoms with Gasteiger partial charge in [0.1, 0.15) is 0 Å². The molecule has 2 unspecified atom stereocenters. The van der Waals surface area contributed by atoms with E-state index in [1.165, 1.54) is 32.4 Å². The molecule has 0 spiro atoms. The van der Waals surface area contributed by atoms with Crippen molar-refractivity contribution in [1.82, 2.24) is 9.80 Å². The summed E-state index contributed by atoms with van der Waals surface area (Å²) in [6, 6.07) is 0. The fourth-order valence-corrected chi connectivity index (χ4v) is 2.76. The maximum atomic E-state index is 6.05. The number of hydrogen-bond donors (Lipinski definition) is 1. The summed E-state index contributed by atoms with van der Waals surface area (Å²) < 4.78 is 0. The van der Waals surface area contributed by atoms with Crippen LogP contribution in [0.1, 0.15) is 33.1 Å². The zero-order chi connectivity index (χ0) is 12.2. The van der Waals surface area contributed by atoms with Crippen LogP contribution in [-0.2, 0) is 0 Å². The molecule has 2 atom stereocenters. The SMILES string of the molecule is CCC(C)CN(C)C1(CN)CCCN(C)C1. The molecular formula is C13H29N3. The van der Waals surface area contributed by atoms with Crippen molar-refractivity contribution in [2.24, 2.45) is 11.7 Å². The average molecular weight is 227 g/mol. The number of hydrogen-bond acceptors (Lipinski definition) is 3. The normalized spacial score (nSPS) is 29.6. The predicted molar refractivity (Wildman–Crippen MR) is 70.6 cm³/mol. The summed E-state index contributed by atoms with van der Waals surface area (Å²) in [6.45, 7) is 8.88. The van der Waals surface area contributed by atoms with Crippen LogP contribution in [0, 0.1) is 5.92 Å². The molecule has 2 N–H and O–H groups in total. The van der Waals surface area contributed by atoms with Gasteiger partial charge in [-0.2, -0.15) is 0 Å². The van der Waals surface area contributed by atoms with Gasteiger partial charge in [-0.05, 0) is 39.4 Å². The van der Waals surface area contributed by atoms with Crippen molar-refractivity contribution in [3.05, 3.63) is 0 Å². The van der Waals surface area contributed by atoms with Gasteiger partial charge in [-0.25, -0.2) is 0 Å². The first-order valence-corrected chi connectivity index (χ1v) is 6.64. The number of piperidine rings is 1. The van der Waals surface area contributed by atoms with Gasteiger partial charge in [-0.15, -0.1) is 0 Å². The van der Waals surface area contributed by atoms with Gasteiger partial charge in [0.2, 0.25) is 0 Å². The largest absolute Gasteiger partial charge is 0.329 e. The minimum absolute atomic E-state index is 0.219. The molecule has 0 aromatic rings. The highest BCUT2D eigenvalue weighted by Gasteiger charge is 2.36. The van der Waals surface area contributed by atoms with Gasteiger partial charge in [-0.1, -0.05) is 20.3 Å². The lowest BCUT2D eigenvalue weighted by molar-refractivity contribution is 0.0357. The van der Waals surface area contributed by atoms with Crippen molar-refractivity contribution in [2.45, 2.75) is 38.6 Å². The van der Waals surface area contributed by atoms with Gasteiger partial charge in [0.15, 0.2) is 0 Å². The fraction of sp³-hybridized carbons (Fsp3) is 1.00.